The molecule has 0 spiro atoms. The highest BCUT2D eigenvalue weighted by Crippen LogP contribution is 2.47. The molecule has 2 aromatic carbocycles. The maximum Gasteiger partial charge on any atom is 0.131 e. The fourth-order valence-electron chi connectivity index (χ4n) is 3.70. The second-order valence-corrected chi connectivity index (χ2v) is 5.96. The first-order valence-corrected chi connectivity index (χ1v) is 7.71. The van der Waals surface area contributed by atoms with Gasteiger partial charge in [-0.15, -0.1) is 0 Å². The molecule has 2 aromatic rings. The summed E-state index contributed by atoms with van der Waals surface area (Å²) in [7, 11) is 0. The first-order valence-electron chi connectivity index (χ1n) is 7.71. The van der Waals surface area contributed by atoms with Gasteiger partial charge >= 0.3 is 0 Å². The molecule has 2 N–H and O–H groups in total. The number of nitrogens with two attached hydrogens (primary N) is 1. The fourth-order valence-corrected chi connectivity index (χ4v) is 3.70. The van der Waals surface area contributed by atoms with Gasteiger partial charge in [-0.25, -0.2) is 5.01 Å². The van der Waals surface area contributed by atoms with Crippen LogP contribution in [0.5, 0.6) is 11.5 Å². The van der Waals surface area contributed by atoms with Crippen LogP contribution in [0.4, 0.5) is 0 Å². The van der Waals surface area contributed by atoms with Gasteiger partial charge in [0.25, 0.3) is 0 Å². The number of hydrogen-bond acceptors (Lipinski definition) is 3. The van der Waals surface area contributed by atoms with Crippen LogP contribution in [0, 0.1) is 0 Å². The van der Waals surface area contributed by atoms with Crippen LogP contribution in [0.25, 0.3) is 0 Å². The second kappa shape index (κ2) is 5.17. The van der Waals surface area contributed by atoms with Crippen LogP contribution >= 0.6 is 0 Å². The molecule has 108 valence electrons. The molecule has 2 heterocycles. The van der Waals surface area contributed by atoms with E-state index in [9.17, 15) is 0 Å². The molecule has 3 nitrogen and oxygen atoms in total. The molecule has 2 aliphatic heterocycles. The number of benzene rings is 2. The largest absolute Gasteiger partial charge is 0.457 e. The van der Waals surface area contributed by atoms with Crippen molar-refractivity contribution in [2.24, 2.45) is 5.84 Å². The minimum atomic E-state index is 0.302. The zero-order valence-electron chi connectivity index (χ0n) is 12.0. The highest BCUT2D eigenvalue weighted by molar-refractivity contribution is 5.54. The van der Waals surface area contributed by atoms with Crippen LogP contribution < -0.4 is 10.6 Å². The van der Waals surface area contributed by atoms with Crippen molar-refractivity contribution in [2.75, 3.05) is 6.54 Å². The molecule has 1 saturated heterocycles. The lowest BCUT2D eigenvalue weighted by Gasteiger charge is -2.40. The monoisotopic (exact) mass is 280 g/mol. The van der Waals surface area contributed by atoms with E-state index in [2.05, 4.69) is 36.4 Å². The summed E-state index contributed by atoms with van der Waals surface area (Å²) in [5, 5.41) is 2.03. The van der Waals surface area contributed by atoms with E-state index in [1.54, 1.807) is 0 Å². The molecular weight excluding hydrogens is 260 g/mol. The van der Waals surface area contributed by atoms with Crippen LogP contribution in [-0.4, -0.2) is 17.6 Å². The van der Waals surface area contributed by atoms with E-state index < -0.39 is 0 Å². The number of fused-ring (bicyclic) bond motifs is 2. The number of hydrazine groups is 1. The van der Waals surface area contributed by atoms with Gasteiger partial charge in [0.1, 0.15) is 11.5 Å². The molecule has 0 bridgehead atoms. The predicted octanol–water partition coefficient (Wildman–Crippen LogP) is 3.65. The average Bonchev–Trinajstić information content (AvgIpc) is 2.53. The second-order valence-electron chi connectivity index (χ2n) is 5.96. The Morgan fingerprint density at radius 3 is 2.14 bits per heavy atom. The quantitative estimate of drug-likeness (QED) is 0.810. The standard InChI is InChI=1S/C18H20N2O/c19-20-12-6-5-9-15(20)18-13-7-1-3-10-16(13)21-17-11-4-2-8-14(17)18/h1-4,7-8,10-11,15,18H,5-6,9,12,19H2. The third-order valence-corrected chi connectivity index (χ3v) is 4.71. The molecule has 0 aliphatic carbocycles. The lowest BCUT2D eigenvalue weighted by molar-refractivity contribution is 0.133. The smallest absolute Gasteiger partial charge is 0.131 e. The maximum atomic E-state index is 6.32. The third-order valence-electron chi connectivity index (χ3n) is 4.71. The van der Waals surface area contributed by atoms with E-state index >= 15 is 0 Å². The number of para-hydroxylation sites is 2. The topological polar surface area (TPSA) is 38.5 Å². The lowest BCUT2D eigenvalue weighted by atomic mass is 9.79. The maximum absolute atomic E-state index is 6.32. The van der Waals surface area contributed by atoms with Gasteiger partial charge in [0, 0.05) is 29.6 Å². The first-order chi connectivity index (χ1) is 10.3. The van der Waals surface area contributed by atoms with E-state index in [4.69, 9.17) is 10.6 Å². The van der Waals surface area contributed by atoms with Crippen molar-refractivity contribution in [3.63, 3.8) is 0 Å². The molecule has 1 fully saturated rings. The zero-order valence-corrected chi connectivity index (χ0v) is 12.0. The van der Waals surface area contributed by atoms with E-state index in [1.165, 1.54) is 24.0 Å². The Hall–Kier alpha value is -1.84. The summed E-state index contributed by atoms with van der Waals surface area (Å²) in [6, 6.07) is 17.1. The number of hydrogen-bond donors (Lipinski definition) is 1. The molecule has 1 atom stereocenters. The van der Waals surface area contributed by atoms with Crippen LogP contribution in [0.2, 0.25) is 0 Å². The van der Waals surface area contributed by atoms with Gasteiger partial charge in [0.15, 0.2) is 0 Å². The summed E-state index contributed by atoms with van der Waals surface area (Å²) in [4.78, 5) is 0. The summed E-state index contributed by atoms with van der Waals surface area (Å²) < 4.78 is 6.07. The number of piperidine rings is 1. The Bertz CT molecular complexity index is 610. The van der Waals surface area contributed by atoms with E-state index in [0.717, 1.165) is 24.5 Å². The van der Waals surface area contributed by atoms with Gasteiger partial charge in [-0.2, -0.15) is 0 Å². The molecule has 1 unspecified atom stereocenters. The van der Waals surface area contributed by atoms with Crippen LogP contribution in [0.1, 0.15) is 36.3 Å². The summed E-state index contributed by atoms with van der Waals surface area (Å²) in [6.07, 6.45) is 3.59. The van der Waals surface area contributed by atoms with E-state index in [1.807, 2.05) is 17.1 Å². The minimum Gasteiger partial charge on any atom is -0.457 e. The van der Waals surface area contributed by atoms with Gasteiger partial charge in [0.2, 0.25) is 0 Å². The molecule has 3 heteroatoms. The Morgan fingerprint density at radius 1 is 0.905 bits per heavy atom. The van der Waals surface area contributed by atoms with Crippen molar-refractivity contribution in [2.45, 2.75) is 31.2 Å². The van der Waals surface area contributed by atoms with E-state index in [0.29, 0.717) is 12.0 Å². The summed E-state index contributed by atoms with van der Waals surface area (Å²) in [5.41, 5.74) is 2.53. The highest BCUT2D eigenvalue weighted by Gasteiger charge is 2.36. The molecule has 4 rings (SSSR count). The number of rotatable bonds is 1. The Kier molecular flexibility index (Phi) is 3.17. The van der Waals surface area contributed by atoms with Crippen LogP contribution in [0.3, 0.4) is 0 Å². The molecular formula is C18H20N2O. The van der Waals surface area contributed by atoms with Gasteiger partial charge in [-0.3, -0.25) is 5.84 Å². The lowest BCUT2D eigenvalue weighted by Crippen LogP contribution is -2.48. The molecule has 0 aromatic heterocycles. The van der Waals surface area contributed by atoms with Crippen LogP contribution in [-0.2, 0) is 0 Å². The van der Waals surface area contributed by atoms with E-state index in [-0.39, 0.29) is 0 Å². The fraction of sp³-hybridized carbons (Fsp3) is 0.333. The normalized spacial score (nSPS) is 22.2. The van der Waals surface area contributed by atoms with Gasteiger partial charge in [-0.05, 0) is 25.0 Å². The van der Waals surface area contributed by atoms with Crippen molar-refractivity contribution < 1.29 is 4.74 Å². The highest BCUT2D eigenvalue weighted by atomic mass is 16.5. The Labute approximate surface area is 125 Å². The van der Waals surface area contributed by atoms with Gasteiger partial charge in [0.05, 0.1) is 0 Å². The van der Waals surface area contributed by atoms with Crippen molar-refractivity contribution in [1.29, 1.82) is 0 Å². The van der Waals surface area contributed by atoms with Gasteiger partial charge < -0.3 is 4.74 Å². The molecule has 0 radical (unpaired) electrons. The van der Waals surface area contributed by atoms with Crippen molar-refractivity contribution in [3.8, 4) is 11.5 Å². The zero-order chi connectivity index (χ0) is 14.2. The molecule has 0 amide bonds. The SMILES string of the molecule is NN1CCCCC1C1c2ccccc2Oc2ccccc21. The molecule has 2 aliphatic rings. The average molecular weight is 280 g/mol. The summed E-state index contributed by atoms with van der Waals surface area (Å²) >= 11 is 0. The minimum absolute atomic E-state index is 0.302. The van der Waals surface area contributed by atoms with Crippen LogP contribution in [0.15, 0.2) is 48.5 Å². The van der Waals surface area contributed by atoms with Crippen molar-refractivity contribution in [1.82, 2.24) is 5.01 Å². The van der Waals surface area contributed by atoms with Gasteiger partial charge in [-0.1, -0.05) is 42.8 Å². The number of nitrogens with zero attached hydrogens (tertiary/aromatic N) is 1. The third kappa shape index (κ3) is 2.13. The Balaban J connectivity index is 1.85. The molecule has 0 saturated carbocycles. The number of ether oxygens (including phenoxy) is 1. The Morgan fingerprint density at radius 2 is 1.52 bits per heavy atom. The summed E-state index contributed by atoms with van der Waals surface area (Å²) in [6.45, 7) is 0.979. The van der Waals surface area contributed by atoms with Crippen molar-refractivity contribution in [3.05, 3.63) is 59.7 Å². The van der Waals surface area contributed by atoms with Crippen molar-refractivity contribution >= 4 is 0 Å². The summed E-state index contributed by atoms with van der Waals surface area (Å²) in [5.74, 6) is 8.56. The first kappa shape index (κ1) is 12.9. The molecule has 21 heavy (non-hydrogen) atoms. The predicted molar refractivity (Wildman–Crippen MR) is 83.3 cm³/mol.